The number of rotatable bonds is 7. The van der Waals surface area contributed by atoms with E-state index in [1.54, 1.807) is 6.07 Å². The van der Waals surface area contributed by atoms with Crippen molar-refractivity contribution in [2.75, 3.05) is 11.9 Å². The number of nitrogens with zero attached hydrogens (tertiary/aromatic N) is 2. The van der Waals surface area contributed by atoms with E-state index in [0.29, 0.717) is 26.9 Å². The quantitative estimate of drug-likeness (QED) is 0.327. The third kappa shape index (κ3) is 7.31. The average molecular weight is 615 g/mol. The normalized spacial score (nSPS) is 21.1. The summed E-state index contributed by atoms with van der Waals surface area (Å²) in [6.07, 6.45) is 13.4. The van der Waals surface area contributed by atoms with E-state index in [9.17, 15) is 14.0 Å². The Morgan fingerprint density at radius 3 is 2.44 bits per heavy atom. The number of amidine groups is 1. The number of hydrogen-bond donors (Lipinski definition) is 1. The predicted octanol–water partition coefficient (Wildman–Crippen LogP) is 7.54. The molecule has 1 aliphatic heterocycles. The molecule has 3 aliphatic rings. The first-order valence-electron chi connectivity index (χ1n) is 13.7. The van der Waals surface area contributed by atoms with Gasteiger partial charge in [-0.2, -0.15) is 0 Å². The number of nitrogens with one attached hydrogen (secondary N) is 1. The van der Waals surface area contributed by atoms with Crippen molar-refractivity contribution >= 4 is 56.4 Å². The average Bonchev–Trinajstić information content (AvgIpc) is 3.24. The van der Waals surface area contributed by atoms with E-state index in [-0.39, 0.29) is 30.3 Å². The molecule has 0 aromatic heterocycles. The summed E-state index contributed by atoms with van der Waals surface area (Å²) in [5.41, 5.74) is 1.36. The lowest BCUT2D eigenvalue weighted by molar-refractivity contribution is -0.124. The van der Waals surface area contributed by atoms with Gasteiger partial charge in [-0.05, 0) is 101 Å². The smallest absolute Gasteiger partial charge is 0.266 e. The summed E-state index contributed by atoms with van der Waals surface area (Å²) < 4.78 is 19.4. The van der Waals surface area contributed by atoms with Crippen LogP contribution < -0.4 is 10.1 Å². The molecule has 0 radical (unpaired) electrons. The van der Waals surface area contributed by atoms with Gasteiger partial charge in [0.05, 0.1) is 15.4 Å². The van der Waals surface area contributed by atoms with Gasteiger partial charge in [-0.3, -0.25) is 19.5 Å². The van der Waals surface area contributed by atoms with Crippen LogP contribution in [0.2, 0.25) is 0 Å². The molecule has 1 heterocycles. The standard InChI is InChI=1S/C30H33BrFN3O3S/c31-25-17-20(11-16-26(25)38-19-28(36)33-23-14-12-21(32)13-15-23)18-27-29(37)35(24-9-5-2-6-10-24)30(39-27)34-22-7-3-1-4-8-22/h11-18,22,24H,1-10,19H2,(H,33,36). The number of aliphatic imine (C=N–C) groups is 1. The third-order valence-electron chi connectivity index (χ3n) is 7.38. The number of anilines is 1. The third-order valence-corrected chi connectivity index (χ3v) is 9.00. The van der Waals surface area contributed by atoms with Crippen LogP contribution in [0.25, 0.3) is 6.08 Å². The van der Waals surface area contributed by atoms with Crippen LogP contribution in [-0.2, 0) is 9.59 Å². The Kier molecular flexibility index (Phi) is 9.40. The van der Waals surface area contributed by atoms with Gasteiger partial charge in [-0.1, -0.05) is 44.6 Å². The zero-order chi connectivity index (χ0) is 27.2. The Morgan fingerprint density at radius 2 is 1.74 bits per heavy atom. The maximum Gasteiger partial charge on any atom is 0.266 e. The largest absolute Gasteiger partial charge is 0.483 e. The molecular formula is C30H33BrFN3O3S. The first-order valence-corrected chi connectivity index (χ1v) is 15.4. The van der Waals surface area contributed by atoms with Crippen LogP contribution in [-0.4, -0.2) is 40.6 Å². The van der Waals surface area contributed by atoms with E-state index in [2.05, 4.69) is 21.2 Å². The molecule has 2 aromatic rings. The fourth-order valence-corrected chi connectivity index (χ4v) is 6.97. The van der Waals surface area contributed by atoms with Crippen LogP contribution in [0.3, 0.4) is 0 Å². The minimum absolute atomic E-state index is 0.0513. The second-order valence-electron chi connectivity index (χ2n) is 10.3. The highest BCUT2D eigenvalue weighted by molar-refractivity contribution is 9.10. The molecule has 6 nitrogen and oxygen atoms in total. The summed E-state index contributed by atoms with van der Waals surface area (Å²) in [5.74, 6) is -0.147. The van der Waals surface area contributed by atoms with E-state index in [1.807, 2.05) is 23.1 Å². The van der Waals surface area contributed by atoms with Crippen molar-refractivity contribution in [1.82, 2.24) is 4.90 Å². The van der Waals surface area contributed by atoms with Crippen LogP contribution >= 0.6 is 27.7 Å². The molecule has 2 aliphatic carbocycles. The van der Waals surface area contributed by atoms with E-state index in [0.717, 1.165) is 49.3 Å². The molecule has 0 bridgehead atoms. The van der Waals surface area contributed by atoms with Crippen molar-refractivity contribution in [3.05, 3.63) is 63.2 Å². The molecule has 2 amide bonds. The number of halogens is 2. The maximum absolute atomic E-state index is 13.6. The Morgan fingerprint density at radius 1 is 1.05 bits per heavy atom. The first-order chi connectivity index (χ1) is 19.0. The second kappa shape index (κ2) is 13.1. The number of thioether (sulfide) groups is 1. The fraction of sp³-hybridized carbons (Fsp3) is 0.433. The van der Waals surface area contributed by atoms with Crippen LogP contribution in [0.15, 0.2) is 56.8 Å². The molecular weight excluding hydrogens is 581 g/mol. The van der Waals surface area contributed by atoms with Crippen LogP contribution in [0.4, 0.5) is 10.1 Å². The zero-order valence-corrected chi connectivity index (χ0v) is 24.2. The molecule has 39 heavy (non-hydrogen) atoms. The lowest BCUT2D eigenvalue weighted by Crippen LogP contribution is -2.41. The summed E-state index contributed by atoms with van der Waals surface area (Å²) in [4.78, 5) is 33.6. The van der Waals surface area contributed by atoms with Crippen molar-refractivity contribution in [3.8, 4) is 5.75 Å². The van der Waals surface area contributed by atoms with Gasteiger partial charge in [0.25, 0.3) is 11.8 Å². The highest BCUT2D eigenvalue weighted by Crippen LogP contribution is 2.39. The summed E-state index contributed by atoms with van der Waals surface area (Å²) in [7, 11) is 0. The maximum atomic E-state index is 13.6. The monoisotopic (exact) mass is 613 g/mol. The summed E-state index contributed by atoms with van der Waals surface area (Å²) in [6, 6.07) is 11.6. The molecule has 1 N–H and O–H groups in total. The van der Waals surface area contributed by atoms with Gasteiger partial charge in [0, 0.05) is 11.7 Å². The summed E-state index contributed by atoms with van der Waals surface area (Å²) in [5, 5.41) is 3.55. The number of carbonyl (C=O) groups excluding carboxylic acids is 2. The van der Waals surface area contributed by atoms with Gasteiger partial charge in [0.15, 0.2) is 11.8 Å². The second-order valence-corrected chi connectivity index (χ2v) is 12.2. The Bertz CT molecular complexity index is 1250. The predicted molar refractivity (Wildman–Crippen MR) is 158 cm³/mol. The molecule has 0 atom stereocenters. The minimum Gasteiger partial charge on any atom is -0.483 e. The number of carbonyl (C=O) groups is 2. The van der Waals surface area contributed by atoms with Crippen molar-refractivity contribution in [1.29, 1.82) is 0 Å². The fourth-order valence-electron chi connectivity index (χ4n) is 5.35. The highest BCUT2D eigenvalue weighted by Gasteiger charge is 2.39. The first kappa shape index (κ1) is 27.9. The number of hydrogen-bond acceptors (Lipinski definition) is 5. The van der Waals surface area contributed by atoms with Gasteiger partial charge in [0.2, 0.25) is 0 Å². The molecule has 5 rings (SSSR count). The Balaban J connectivity index is 1.27. The van der Waals surface area contributed by atoms with Crippen molar-refractivity contribution in [3.63, 3.8) is 0 Å². The molecule has 1 saturated heterocycles. The lowest BCUT2D eigenvalue weighted by Gasteiger charge is -2.31. The lowest BCUT2D eigenvalue weighted by atomic mass is 9.94. The van der Waals surface area contributed by atoms with Crippen LogP contribution in [0.1, 0.15) is 69.8 Å². The molecule has 0 unspecified atom stereocenters. The van der Waals surface area contributed by atoms with Crippen LogP contribution in [0.5, 0.6) is 5.75 Å². The SMILES string of the molecule is O=C(COc1ccc(C=C2SC(=NC3CCCCC3)N(C3CCCCC3)C2=O)cc1Br)Nc1ccc(F)cc1. The summed E-state index contributed by atoms with van der Waals surface area (Å²) in [6.45, 7) is -0.192. The molecule has 2 saturated carbocycles. The number of ether oxygens (including phenoxy) is 1. The molecule has 2 aromatic carbocycles. The number of amides is 2. The van der Waals surface area contributed by atoms with Gasteiger partial charge >= 0.3 is 0 Å². The van der Waals surface area contributed by atoms with Crippen LogP contribution in [0, 0.1) is 5.82 Å². The van der Waals surface area contributed by atoms with Gasteiger partial charge in [0.1, 0.15) is 11.6 Å². The summed E-state index contributed by atoms with van der Waals surface area (Å²) >= 11 is 5.03. The Labute approximate surface area is 241 Å². The van der Waals surface area contributed by atoms with E-state index >= 15 is 0 Å². The zero-order valence-electron chi connectivity index (χ0n) is 21.8. The van der Waals surface area contributed by atoms with E-state index in [1.165, 1.54) is 61.7 Å². The molecule has 206 valence electrons. The van der Waals surface area contributed by atoms with E-state index < -0.39 is 0 Å². The molecule has 0 spiro atoms. The van der Waals surface area contributed by atoms with Gasteiger partial charge in [-0.15, -0.1) is 0 Å². The number of benzene rings is 2. The molecule has 9 heteroatoms. The van der Waals surface area contributed by atoms with E-state index in [4.69, 9.17) is 9.73 Å². The van der Waals surface area contributed by atoms with Crippen molar-refractivity contribution in [2.24, 2.45) is 4.99 Å². The molecule has 3 fully saturated rings. The van der Waals surface area contributed by atoms with Crippen molar-refractivity contribution in [2.45, 2.75) is 76.3 Å². The Hall–Kier alpha value is -2.65. The van der Waals surface area contributed by atoms with Gasteiger partial charge in [-0.25, -0.2) is 4.39 Å². The minimum atomic E-state index is -0.365. The topological polar surface area (TPSA) is 71.0 Å². The van der Waals surface area contributed by atoms with Crippen molar-refractivity contribution < 1.29 is 18.7 Å². The highest BCUT2D eigenvalue weighted by atomic mass is 79.9. The van der Waals surface area contributed by atoms with Gasteiger partial charge < -0.3 is 10.1 Å².